The van der Waals surface area contributed by atoms with Crippen LogP contribution < -0.4 is 11.1 Å². The molecule has 1 unspecified atom stereocenters. The maximum atomic E-state index is 12.1. The van der Waals surface area contributed by atoms with Gasteiger partial charge in [0.25, 0.3) is 0 Å². The molecule has 1 saturated heterocycles. The smallest absolute Gasteiger partial charge is 0.238 e. The Morgan fingerprint density at radius 1 is 1.55 bits per heavy atom. The minimum absolute atomic E-state index is 0.0101. The Bertz CT molecular complexity index is 450. The summed E-state index contributed by atoms with van der Waals surface area (Å²) in [4.78, 5) is 14.1. The van der Waals surface area contributed by atoms with E-state index in [-0.39, 0.29) is 12.0 Å². The first-order valence-electron chi connectivity index (χ1n) is 7.14. The molecule has 1 aliphatic heterocycles. The lowest BCUT2D eigenvalue weighted by atomic mass is 10.1. The Kier molecular flexibility index (Phi) is 5.52. The summed E-state index contributed by atoms with van der Waals surface area (Å²) in [6.45, 7) is 5.12. The van der Waals surface area contributed by atoms with Crippen LogP contribution in [0, 0.1) is 0 Å². The normalized spacial score (nSPS) is 19.8. The molecule has 0 aliphatic carbocycles. The average molecular weight is 277 g/mol. The number of amides is 1. The fourth-order valence-corrected chi connectivity index (χ4v) is 2.34. The molecule has 2 rings (SSSR count). The molecule has 5 nitrogen and oxygen atoms in total. The maximum Gasteiger partial charge on any atom is 0.238 e. The van der Waals surface area contributed by atoms with Crippen LogP contribution >= 0.6 is 0 Å². The number of morpholine rings is 1. The minimum Gasteiger partial charge on any atom is -0.374 e. The maximum absolute atomic E-state index is 12.1. The lowest BCUT2D eigenvalue weighted by Crippen LogP contribution is -2.48. The highest BCUT2D eigenvalue weighted by atomic mass is 16.5. The van der Waals surface area contributed by atoms with Crippen LogP contribution in [-0.2, 0) is 16.0 Å². The number of ether oxygens (including phenoxy) is 1. The molecular formula is C15H23N3O2. The van der Waals surface area contributed by atoms with Crippen LogP contribution in [0.3, 0.4) is 0 Å². The van der Waals surface area contributed by atoms with Gasteiger partial charge in [-0.2, -0.15) is 0 Å². The van der Waals surface area contributed by atoms with Crippen LogP contribution in [0.2, 0.25) is 0 Å². The fourth-order valence-electron chi connectivity index (χ4n) is 2.34. The summed E-state index contributed by atoms with van der Waals surface area (Å²) >= 11 is 0. The van der Waals surface area contributed by atoms with Crippen LogP contribution in [0.25, 0.3) is 0 Å². The summed E-state index contributed by atoms with van der Waals surface area (Å²) in [5.41, 5.74) is 7.68. The zero-order valence-corrected chi connectivity index (χ0v) is 12.0. The van der Waals surface area contributed by atoms with E-state index in [1.165, 1.54) is 5.56 Å². The van der Waals surface area contributed by atoms with Gasteiger partial charge in [-0.3, -0.25) is 9.69 Å². The van der Waals surface area contributed by atoms with Gasteiger partial charge < -0.3 is 15.8 Å². The summed E-state index contributed by atoms with van der Waals surface area (Å²) in [6, 6.07) is 7.95. The highest BCUT2D eigenvalue weighted by Gasteiger charge is 2.20. The van der Waals surface area contributed by atoms with Crippen LogP contribution in [0.5, 0.6) is 0 Å². The number of aryl methyl sites for hydroxylation is 1. The number of nitrogens with zero attached hydrogens (tertiary/aromatic N) is 1. The third-order valence-corrected chi connectivity index (χ3v) is 3.47. The molecule has 5 heteroatoms. The molecule has 1 amide bonds. The van der Waals surface area contributed by atoms with E-state index in [9.17, 15) is 4.79 Å². The molecule has 110 valence electrons. The second kappa shape index (κ2) is 7.38. The Hall–Kier alpha value is -1.43. The minimum atomic E-state index is 0.0101. The first-order chi connectivity index (χ1) is 9.71. The summed E-state index contributed by atoms with van der Waals surface area (Å²) in [5, 5.41) is 2.94. The number of hydrogen-bond donors (Lipinski definition) is 2. The van der Waals surface area contributed by atoms with E-state index in [1.54, 1.807) is 0 Å². The van der Waals surface area contributed by atoms with Crippen molar-refractivity contribution in [1.82, 2.24) is 4.90 Å². The van der Waals surface area contributed by atoms with E-state index in [4.69, 9.17) is 10.5 Å². The number of nitrogens with one attached hydrogen (secondary N) is 1. The molecule has 0 spiro atoms. The standard InChI is InChI=1S/C15H23N3O2/c1-2-12-4-3-5-13(8-12)17-15(19)11-18-6-7-20-14(9-16)10-18/h3-5,8,14H,2,6-7,9-11,16H2,1H3,(H,17,19). The lowest BCUT2D eigenvalue weighted by molar-refractivity contribution is -0.119. The van der Waals surface area contributed by atoms with E-state index >= 15 is 0 Å². The van der Waals surface area contributed by atoms with Gasteiger partial charge in [-0.25, -0.2) is 0 Å². The van der Waals surface area contributed by atoms with Gasteiger partial charge in [0.2, 0.25) is 5.91 Å². The quantitative estimate of drug-likeness (QED) is 0.837. The topological polar surface area (TPSA) is 67.6 Å². The second-order valence-corrected chi connectivity index (χ2v) is 5.07. The highest BCUT2D eigenvalue weighted by Crippen LogP contribution is 2.11. The van der Waals surface area contributed by atoms with E-state index in [0.717, 1.165) is 25.2 Å². The zero-order valence-electron chi connectivity index (χ0n) is 12.0. The van der Waals surface area contributed by atoms with Crippen molar-refractivity contribution < 1.29 is 9.53 Å². The van der Waals surface area contributed by atoms with Gasteiger partial charge in [0.05, 0.1) is 19.3 Å². The van der Waals surface area contributed by atoms with Crippen molar-refractivity contribution in [2.75, 3.05) is 38.1 Å². The van der Waals surface area contributed by atoms with Crippen molar-refractivity contribution in [1.29, 1.82) is 0 Å². The van der Waals surface area contributed by atoms with Gasteiger partial charge in [-0.1, -0.05) is 19.1 Å². The van der Waals surface area contributed by atoms with Gasteiger partial charge in [0.15, 0.2) is 0 Å². The van der Waals surface area contributed by atoms with Crippen LogP contribution in [0.1, 0.15) is 12.5 Å². The van der Waals surface area contributed by atoms with Crippen molar-refractivity contribution in [2.24, 2.45) is 5.73 Å². The molecule has 1 atom stereocenters. The molecule has 3 N–H and O–H groups in total. The number of anilines is 1. The third-order valence-electron chi connectivity index (χ3n) is 3.47. The molecule has 20 heavy (non-hydrogen) atoms. The van der Waals surface area contributed by atoms with E-state index < -0.39 is 0 Å². The molecule has 1 heterocycles. The number of hydrogen-bond acceptors (Lipinski definition) is 4. The summed E-state index contributed by atoms with van der Waals surface area (Å²) in [5.74, 6) is 0.0101. The summed E-state index contributed by atoms with van der Waals surface area (Å²) < 4.78 is 5.49. The van der Waals surface area contributed by atoms with Crippen LogP contribution in [0.4, 0.5) is 5.69 Å². The van der Waals surface area contributed by atoms with Crippen LogP contribution in [-0.4, -0.2) is 49.7 Å². The van der Waals surface area contributed by atoms with Gasteiger partial charge in [0.1, 0.15) is 0 Å². The molecule has 1 aromatic carbocycles. The molecule has 1 aromatic rings. The SMILES string of the molecule is CCc1cccc(NC(=O)CN2CCOC(CN)C2)c1. The Balaban J connectivity index is 1.85. The van der Waals surface area contributed by atoms with Gasteiger partial charge in [-0.15, -0.1) is 0 Å². The van der Waals surface area contributed by atoms with Crippen molar-refractivity contribution in [3.05, 3.63) is 29.8 Å². The Morgan fingerprint density at radius 3 is 3.15 bits per heavy atom. The zero-order chi connectivity index (χ0) is 14.4. The van der Waals surface area contributed by atoms with Gasteiger partial charge >= 0.3 is 0 Å². The lowest BCUT2D eigenvalue weighted by Gasteiger charge is -2.31. The second-order valence-electron chi connectivity index (χ2n) is 5.07. The first kappa shape index (κ1) is 15.0. The average Bonchev–Trinajstić information content (AvgIpc) is 2.47. The van der Waals surface area contributed by atoms with Crippen molar-refractivity contribution in [2.45, 2.75) is 19.4 Å². The van der Waals surface area contributed by atoms with Gasteiger partial charge in [-0.05, 0) is 24.1 Å². The monoisotopic (exact) mass is 277 g/mol. The summed E-state index contributed by atoms with van der Waals surface area (Å²) in [7, 11) is 0. The third kappa shape index (κ3) is 4.30. The number of carbonyl (C=O) groups is 1. The van der Waals surface area contributed by atoms with Crippen molar-refractivity contribution in [3.63, 3.8) is 0 Å². The van der Waals surface area contributed by atoms with E-state index in [1.807, 2.05) is 18.2 Å². The first-order valence-corrected chi connectivity index (χ1v) is 7.14. The number of nitrogens with two attached hydrogens (primary N) is 1. The summed E-state index contributed by atoms with van der Waals surface area (Å²) in [6.07, 6.45) is 1.01. The number of carbonyl (C=O) groups excluding carboxylic acids is 1. The van der Waals surface area contributed by atoms with Crippen molar-refractivity contribution >= 4 is 11.6 Å². The number of benzene rings is 1. The molecule has 0 aromatic heterocycles. The Labute approximate surface area is 120 Å². The van der Waals surface area contributed by atoms with Gasteiger partial charge in [0, 0.05) is 25.3 Å². The predicted molar refractivity (Wildman–Crippen MR) is 79.7 cm³/mol. The molecule has 1 fully saturated rings. The molecular weight excluding hydrogens is 254 g/mol. The molecule has 0 saturated carbocycles. The largest absolute Gasteiger partial charge is 0.374 e. The highest BCUT2D eigenvalue weighted by molar-refractivity contribution is 5.92. The predicted octanol–water partition coefficient (Wildman–Crippen LogP) is 0.847. The van der Waals surface area contributed by atoms with E-state index in [0.29, 0.717) is 19.7 Å². The molecule has 1 aliphatic rings. The van der Waals surface area contributed by atoms with Crippen LogP contribution in [0.15, 0.2) is 24.3 Å². The van der Waals surface area contributed by atoms with Crippen molar-refractivity contribution in [3.8, 4) is 0 Å². The fraction of sp³-hybridized carbons (Fsp3) is 0.533. The molecule has 0 bridgehead atoms. The number of rotatable bonds is 5. The molecule has 0 radical (unpaired) electrons. The Morgan fingerprint density at radius 2 is 2.40 bits per heavy atom. The van der Waals surface area contributed by atoms with E-state index in [2.05, 4.69) is 23.2 Å².